The van der Waals surface area contributed by atoms with E-state index in [0.717, 1.165) is 62.4 Å². The van der Waals surface area contributed by atoms with Crippen LogP contribution in [0.5, 0.6) is 0 Å². The van der Waals surface area contributed by atoms with Gasteiger partial charge in [-0.2, -0.15) is 0 Å². The molecule has 0 aliphatic carbocycles. The van der Waals surface area contributed by atoms with Crippen LogP contribution in [0.1, 0.15) is 12.8 Å². The average Bonchev–Trinajstić information content (AvgIpc) is 3.18. The molecule has 1 N–H and O–H groups in total. The summed E-state index contributed by atoms with van der Waals surface area (Å²) in [4.78, 5) is 7.95. The Morgan fingerprint density at radius 2 is 2.08 bits per heavy atom. The predicted octanol–water partition coefficient (Wildman–Crippen LogP) is 2.89. The number of aliphatic imine (C=N–C) groups is 1. The molecule has 3 rings (SSSR count). The van der Waals surface area contributed by atoms with Gasteiger partial charge < -0.3 is 19.7 Å². The lowest BCUT2D eigenvalue weighted by atomic mass is 10.1. The van der Waals surface area contributed by atoms with Gasteiger partial charge in [0.2, 0.25) is 0 Å². The molecule has 5 nitrogen and oxygen atoms in total. The SMILES string of the molecule is CN=C(NCCSc1ccc(Cl)cc1)N1CCOC(C2CCCO2)C1. The molecule has 2 unspecified atom stereocenters. The van der Waals surface area contributed by atoms with Gasteiger partial charge in [-0.1, -0.05) is 11.6 Å². The number of morpholine rings is 1. The molecule has 0 bridgehead atoms. The van der Waals surface area contributed by atoms with Gasteiger partial charge in [-0.3, -0.25) is 4.99 Å². The minimum atomic E-state index is 0.151. The number of hydrogen-bond donors (Lipinski definition) is 1. The minimum absolute atomic E-state index is 0.151. The van der Waals surface area contributed by atoms with Gasteiger partial charge in [-0.05, 0) is 37.1 Å². The van der Waals surface area contributed by atoms with Crippen molar-refractivity contribution < 1.29 is 9.47 Å². The first-order chi connectivity index (χ1) is 12.3. The molecule has 7 heteroatoms. The van der Waals surface area contributed by atoms with Gasteiger partial charge in [0, 0.05) is 49.0 Å². The molecule has 0 amide bonds. The molecule has 1 aromatic rings. The summed E-state index contributed by atoms with van der Waals surface area (Å²) in [6.07, 6.45) is 2.63. The van der Waals surface area contributed by atoms with Crippen molar-refractivity contribution in [2.75, 3.05) is 45.6 Å². The highest BCUT2D eigenvalue weighted by Gasteiger charge is 2.32. The van der Waals surface area contributed by atoms with E-state index in [0.29, 0.717) is 0 Å². The van der Waals surface area contributed by atoms with E-state index >= 15 is 0 Å². The maximum absolute atomic E-state index is 5.92. The van der Waals surface area contributed by atoms with Crippen molar-refractivity contribution in [1.82, 2.24) is 10.2 Å². The van der Waals surface area contributed by atoms with E-state index in [-0.39, 0.29) is 12.2 Å². The van der Waals surface area contributed by atoms with Gasteiger partial charge in [0.15, 0.2) is 5.96 Å². The highest BCUT2D eigenvalue weighted by Crippen LogP contribution is 2.21. The fourth-order valence-electron chi connectivity index (χ4n) is 3.18. The van der Waals surface area contributed by atoms with Crippen LogP contribution >= 0.6 is 23.4 Å². The second-order valence-corrected chi connectivity index (χ2v) is 7.79. The topological polar surface area (TPSA) is 46.1 Å². The molecule has 2 fully saturated rings. The normalized spacial score (nSPS) is 24.6. The molecule has 0 aromatic heterocycles. The number of ether oxygens (including phenoxy) is 2. The molecule has 2 saturated heterocycles. The van der Waals surface area contributed by atoms with Gasteiger partial charge >= 0.3 is 0 Å². The fourth-order valence-corrected chi connectivity index (χ4v) is 4.08. The second kappa shape index (κ2) is 9.67. The van der Waals surface area contributed by atoms with E-state index in [9.17, 15) is 0 Å². The molecule has 138 valence electrons. The highest BCUT2D eigenvalue weighted by molar-refractivity contribution is 7.99. The first-order valence-electron chi connectivity index (χ1n) is 8.83. The lowest BCUT2D eigenvalue weighted by Gasteiger charge is -2.37. The summed E-state index contributed by atoms with van der Waals surface area (Å²) in [5.41, 5.74) is 0. The number of thioether (sulfide) groups is 1. The lowest BCUT2D eigenvalue weighted by molar-refractivity contribution is -0.0816. The van der Waals surface area contributed by atoms with Crippen molar-refractivity contribution in [2.45, 2.75) is 29.9 Å². The van der Waals surface area contributed by atoms with E-state index in [2.05, 4.69) is 27.3 Å². The molecule has 1 aromatic carbocycles. The number of rotatable bonds is 5. The third-order valence-electron chi connectivity index (χ3n) is 4.45. The molecule has 2 aliphatic heterocycles. The van der Waals surface area contributed by atoms with Gasteiger partial charge in [0.25, 0.3) is 0 Å². The number of benzene rings is 1. The summed E-state index contributed by atoms with van der Waals surface area (Å²) >= 11 is 7.73. The Hall–Kier alpha value is -0.950. The van der Waals surface area contributed by atoms with E-state index in [4.69, 9.17) is 21.1 Å². The van der Waals surface area contributed by atoms with E-state index in [1.807, 2.05) is 30.9 Å². The zero-order valence-electron chi connectivity index (χ0n) is 14.6. The summed E-state index contributed by atoms with van der Waals surface area (Å²) in [6.45, 7) is 4.16. The summed E-state index contributed by atoms with van der Waals surface area (Å²) in [5, 5.41) is 4.24. The lowest BCUT2D eigenvalue weighted by Crippen LogP contribution is -2.53. The minimum Gasteiger partial charge on any atom is -0.375 e. The Labute approximate surface area is 159 Å². The molecule has 0 radical (unpaired) electrons. The van der Waals surface area contributed by atoms with Gasteiger partial charge in [0.1, 0.15) is 6.10 Å². The summed E-state index contributed by atoms with van der Waals surface area (Å²) in [7, 11) is 1.84. The van der Waals surface area contributed by atoms with Crippen molar-refractivity contribution in [2.24, 2.45) is 4.99 Å². The van der Waals surface area contributed by atoms with E-state index in [1.165, 1.54) is 4.90 Å². The Morgan fingerprint density at radius 1 is 1.28 bits per heavy atom. The van der Waals surface area contributed by atoms with Crippen LogP contribution in [0.3, 0.4) is 0 Å². The van der Waals surface area contributed by atoms with Crippen LogP contribution in [0.2, 0.25) is 5.02 Å². The highest BCUT2D eigenvalue weighted by atomic mass is 35.5. The maximum atomic E-state index is 5.92. The molecular weight excluding hydrogens is 358 g/mol. The van der Waals surface area contributed by atoms with Crippen molar-refractivity contribution in [1.29, 1.82) is 0 Å². The van der Waals surface area contributed by atoms with Crippen LogP contribution in [0.25, 0.3) is 0 Å². The summed E-state index contributed by atoms with van der Waals surface area (Å²) in [6, 6.07) is 7.95. The smallest absolute Gasteiger partial charge is 0.193 e. The van der Waals surface area contributed by atoms with Crippen LogP contribution in [0.15, 0.2) is 34.2 Å². The largest absolute Gasteiger partial charge is 0.375 e. The third-order valence-corrected chi connectivity index (χ3v) is 5.72. The Balaban J connectivity index is 1.43. The van der Waals surface area contributed by atoms with Crippen LogP contribution < -0.4 is 5.32 Å². The van der Waals surface area contributed by atoms with Crippen molar-refractivity contribution in [3.05, 3.63) is 29.3 Å². The maximum Gasteiger partial charge on any atom is 0.193 e. The van der Waals surface area contributed by atoms with Crippen molar-refractivity contribution >= 4 is 29.3 Å². The molecule has 0 spiro atoms. The third kappa shape index (κ3) is 5.51. The van der Waals surface area contributed by atoms with Crippen LogP contribution in [0, 0.1) is 0 Å². The van der Waals surface area contributed by atoms with Gasteiger partial charge in [0.05, 0.1) is 12.7 Å². The fraction of sp³-hybridized carbons (Fsp3) is 0.611. The first kappa shape index (κ1) is 18.8. The van der Waals surface area contributed by atoms with E-state index in [1.54, 1.807) is 0 Å². The molecule has 2 heterocycles. The first-order valence-corrected chi connectivity index (χ1v) is 10.2. The predicted molar refractivity (Wildman–Crippen MR) is 104 cm³/mol. The number of guanidine groups is 1. The number of nitrogens with zero attached hydrogens (tertiary/aromatic N) is 2. The standard InChI is InChI=1S/C18H26ClN3O2S/c1-20-18(21-8-12-25-15-6-4-14(19)5-7-15)22-9-11-24-17(13-22)16-3-2-10-23-16/h4-7,16-17H,2-3,8-13H2,1H3,(H,20,21). The number of nitrogens with one attached hydrogen (secondary N) is 1. The molecular formula is C18H26ClN3O2S. The Kier molecular flexibility index (Phi) is 7.28. The van der Waals surface area contributed by atoms with Gasteiger partial charge in [-0.15, -0.1) is 11.8 Å². The van der Waals surface area contributed by atoms with Crippen LogP contribution in [-0.2, 0) is 9.47 Å². The van der Waals surface area contributed by atoms with Crippen molar-refractivity contribution in [3.63, 3.8) is 0 Å². The zero-order chi connectivity index (χ0) is 17.5. The van der Waals surface area contributed by atoms with Gasteiger partial charge in [-0.25, -0.2) is 0 Å². The zero-order valence-corrected chi connectivity index (χ0v) is 16.2. The molecule has 25 heavy (non-hydrogen) atoms. The Bertz CT molecular complexity index is 564. The van der Waals surface area contributed by atoms with E-state index < -0.39 is 0 Å². The molecule has 2 atom stereocenters. The van der Waals surface area contributed by atoms with Crippen molar-refractivity contribution in [3.8, 4) is 0 Å². The molecule has 0 saturated carbocycles. The van der Waals surface area contributed by atoms with Crippen LogP contribution in [-0.4, -0.2) is 68.7 Å². The summed E-state index contributed by atoms with van der Waals surface area (Å²) < 4.78 is 11.7. The molecule has 2 aliphatic rings. The second-order valence-electron chi connectivity index (χ2n) is 6.18. The van der Waals surface area contributed by atoms with Crippen LogP contribution in [0.4, 0.5) is 0 Å². The quantitative estimate of drug-likeness (QED) is 0.366. The number of halogens is 1. The monoisotopic (exact) mass is 383 g/mol. The summed E-state index contributed by atoms with van der Waals surface area (Å²) in [5.74, 6) is 1.92. The number of hydrogen-bond acceptors (Lipinski definition) is 4. The Morgan fingerprint density at radius 3 is 2.80 bits per heavy atom. The average molecular weight is 384 g/mol.